The van der Waals surface area contributed by atoms with Crippen molar-refractivity contribution < 1.29 is 13.9 Å². The maximum Gasteiger partial charge on any atom is 0.266 e. The second-order valence-electron chi connectivity index (χ2n) is 5.59. The highest BCUT2D eigenvalue weighted by Gasteiger charge is 2.34. The van der Waals surface area contributed by atoms with Gasteiger partial charge in [0.25, 0.3) is 5.91 Å². The Morgan fingerprint density at radius 3 is 2.68 bits per heavy atom. The van der Waals surface area contributed by atoms with Crippen molar-refractivity contribution in [2.45, 2.75) is 19.4 Å². The van der Waals surface area contributed by atoms with E-state index in [1.54, 1.807) is 28.8 Å². The number of amidine groups is 1. The minimum Gasteiger partial charge on any atom is -0.481 e. The lowest BCUT2D eigenvalue weighted by atomic mass is 10.2. The van der Waals surface area contributed by atoms with Gasteiger partial charge >= 0.3 is 0 Å². The zero-order valence-electron chi connectivity index (χ0n) is 13.9. The molecule has 4 nitrogen and oxygen atoms in total. The first-order valence-electron chi connectivity index (χ1n) is 8.15. The van der Waals surface area contributed by atoms with Crippen molar-refractivity contribution in [3.63, 3.8) is 0 Å². The lowest BCUT2D eigenvalue weighted by Crippen LogP contribution is -2.41. The highest BCUT2D eigenvalue weighted by Crippen LogP contribution is 2.29. The van der Waals surface area contributed by atoms with E-state index < -0.39 is 5.82 Å². The summed E-state index contributed by atoms with van der Waals surface area (Å²) in [5, 5.41) is 0.667. The Labute approximate surface area is 150 Å². The van der Waals surface area contributed by atoms with Gasteiger partial charge in [-0.15, -0.1) is 0 Å². The number of para-hydroxylation sites is 2. The molecule has 1 aliphatic heterocycles. The molecule has 2 aromatic rings. The van der Waals surface area contributed by atoms with Crippen molar-refractivity contribution in [2.75, 3.05) is 12.4 Å². The minimum atomic E-state index is -0.476. The fourth-order valence-corrected chi connectivity index (χ4v) is 3.84. The predicted octanol–water partition coefficient (Wildman–Crippen LogP) is 4.25. The summed E-state index contributed by atoms with van der Waals surface area (Å²) in [6.07, 6.45) is 0.826. The predicted molar refractivity (Wildman–Crippen MR) is 98.8 cm³/mol. The third-order valence-electron chi connectivity index (χ3n) is 3.88. The molecule has 0 saturated carbocycles. The molecule has 0 radical (unpaired) electrons. The fourth-order valence-electron chi connectivity index (χ4n) is 2.55. The van der Waals surface area contributed by atoms with Crippen molar-refractivity contribution in [2.24, 2.45) is 4.99 Å². The molecule has 0 aliphatic carbocycles. The fraction of sp³-hybridized carbons (Fsp3) is 0.263. The number of ether oxygens (including phenoxy) is 1. The maximum absolute atomic E-state index is 13.6. The Hall–Kier alpha value is -2.34. The van der Waals surface area contributed by atoms with Crippen LogP contribution in [0.25, 0.3) is 0 Å². The number of halogens is 1. The Morgan fingerprint density at radius 1 is 1.24 bits per heavy atom. The molecule has 0 spiro atoms. The van der Waals surface area contributed by atoms with Crippen LogP contribution in [0.4, 0.5) is 10.1 Å². The average molecular weight is 358 g/mol. The third kappa shape index (κ3) is 4.20. The third-order valence-corrected chi connectivity index (χ3v) is 4.98. The first-order valence-corrected chi connectivity index (χ1v) is 9.13. The number of nitrogens with zero attached hydrogens (tertiary/aromatic N) is 2. The van der Waals surface area contributed by atoms with Gasteiger partial charge in [-0.25, -0.2) is 9.38 Å². The summed E-state index contributed by atoms with van der Waals surface area (Å²) in [6, 6.07) is 15.7. The Bertz CT molecular complexity index is 767. The lowest BCUT2D eigenvalue weighted by Gasteiger charge is -2.23. The summed E-state index contributed by atoms with van der Waals surface area (Å²) >= 11 is 1.56. The molecule has 1 fully saturated rings. The van der Waals surface area contributed by atoms with Gasteiger partial charge in [0.2, 0.25) is 0 Å². The number of hydrogen-bond donors (Lipinski definition) is 0. The van der Waals surface area contributed by atoms with Gasteiger partial charge in [-0.1, -0.05) is 49.0 Å². The SMILES string of the molecule is CC[C@@H]1CSC(=Nc2ccccc2)N1C(=O)COc1ccccc1F. The van der Waals surface area contributed by atoms with E-state index in [9.17, 15) is 9.18 Å². The van der Waals surface area contributed by atoms with Crippen LogP contribution in [0.1, 0.15) is 13.3 Å². The van der Waals surface area contributed by atoms with E-state index in [1.807, 2.05) is 37.3 Å². The number of amides is 1. The van der Waals surface area contributed by atoms with Crippen LogP contribution in [0, 0.1) is 5.82 Å². The molecule has 0 aromatic heterocycles. The van der Waals surface area contributed by atoms with E-state index in [-0.39, 0.29) is 24.3 Å². The van der Waals surface area contributed by atoms with E-state index in [1.165, 1.54) is 12.1 Å². The standard InChI is InChI=1S/C19H19FN2O2S/c1-2-15-13-25-19(21-14-8-4-3-5-9-14)22(15)18(23)12-24-17-11-7-6-10-16(17)20/h3-11,15H,2,12-13H2,1H3/t15-/m1/s1. The minimum absolute atomic E-state index is 0.0733. The van der Waals surface area contributed by atoms with Gasteiger partial charge in [-0.3, -0.25) is 9.69 Å². The number of thioether (sulfide) groups is 1. The molecule has 0 bridgehead atoms. The van der Waals surface area contributed by atoms with E-state index in [0.29, 0.717) is 5.17 Å². The summed E-state index contributed by atoms with van der Waals surface area (Å²) in [5.74, 6) is 0.191. The molecule has 25 heavy (non-hydrogen) atoms. The van der Waals surface area contributed by atoms with E-state index in [2.05, 4.69) is 4.99 Å². The van der Waals surface area contributed by atoms with Crippen molar-refractivity contribution >= 4 is 28.5 Å². The molecular formula is C19H19FN2O2S. The Morgan fingerprint density at radius 2 is 1.96 bits per heavy atom. The van der Waals surface area contributed by atoms with Crippen LogP contribution in [0.2, 0.25) is 0 Å². The molecule has 1 aliphatic rings. The smallest absolute Gasteiger partial charge is 0.266 e. The Balaban J connectivity index is 1.75. The summed E-state index contributed by atoms with van der Waals surface area (Å²) < 4.78 is 19.0. The highest BCUT2D eigenvalue weighted by atomic mass is 32.2. The van der Waals surface area contributed by atoms with Gasteiger partial charge in [0, 0.05) is 11.8 Å². The largest absolute Gasteiger partial charge is 0.481 e. The first kappa shape index (κ1) is 17.5. The molecule has 1 amide bonds. The highest BCUT2D eigenvalue weighted by molar-refractivity contribution is 8.14. The number of carbonyl (C=O) groups is 1. The summed E-state index contributed by atoms with van der Waals surface area (Å²) in [7, 11) is 0. The van der Waals surface area contributed by atoms with Gasteiger partial charge in [0.15, 0.2) is 23.3 Å². The normalized spacial score (nSPS) is 18.6. The van der Waals surface area contributed by atoms with Gasteiger partial charge in [0.1, 0.15) is 0 Å². The lowest BCUT2D eigenvalue weighted by molar-refractivity contribution is -0.130. The van der Waals surface area contributed by atoms with Gasteiger partial charge < -0.3 is 4.74 Å². The average Bonchev–Trinajstić information content (AvgIpc) is 3.04. The molecule has 6 heteroatoms. The van der Waals surface area contributed by atoms with Crippen LogP contribution < -0.4 is 4.74 Å². The van der Waals surface area contributed by atoms with Gasteiger partial charge in [-0.2, -0.15) is 0 Å². The zero-order valence-corrected chi connectivity index (χ0v) is 14.7. The molecule has 0 unspecified atom stereocenters. The molecule has 1 atom stereocenters. The van der Waals surface area contributed by atoms with E-state index in [0.717, 1.165) is 17.9 Å². The topological polar surface area (TPSA) is 41.9 Å². The quantitative estimate of drug-likeness (QED) is 0.802. The maximum atomic E-state index is 13.6. The van der Waals surface area contributed by atoms with Crippen LogP contribution in [0.15, 0.2) is 59.6 Å². The Kier molecular flexibility index (Phi) is 5.71. The monoisotopic (exact) mass is 358 g/mol. The number of benzene rings is 2. The second kappa shape index (κ2) is 8.16. The van der Waals surface area contributed by atoms with E-state index >= 15 is 0 Å². The van der Waals surface area contributed by atoms with Crippen molar-refractivity contribution in [3.8, 4) is 5.75 Å². The summed E-state index contributed by atoms with van der Waals surface area (Å²) in [4.78, 5) is 18.9. The molecular weight excluding hydrogens is 339 g/mol. The number of aliphatic imine (C=N–C) groups is 1. The van der Waals surface area contributed by atoms with Gasteiger partial charge in [0.05, 0.1) is 5.69 Å². The number of carbonyl (C=O) groups excluding carboxylic acids is 1. The molecule has 2 aromatic carbocycles. The molecule has 1 heterocycles. The summed E-state index contributed by atoms with van der Waals surface area (Å²) in [6.45, 7) is 1.82. The van der Waals surface area contributed by atoms with Crippen LogP contribution in [-0.4, -0.2) is 34.4 Å². The van der Waals surface area contributed by atoms with Crippen LogP contribution in [0.5, 0.6) is 5.75 Å². The summed E-state index contributed by atoms with van der Waals surface area (Å²) in [5.41, 5.74) is 0.801. The van der Waals surface area contributed by atoms with Crippen LogP contribution in [-0.2, 0) is 4.79 Å². The van der Waals surface area contributed by atoms with Crippen LogP contribution >= 0.6 is 11.8 Å². The second-order valence-corrected chi connectivity index (χ2v) is 6.57. The van der Waals surface area contributed by atoms with Gasteiger partial charge in [-0.05, 0) is 30.7 Å². The van der Waals surface area contributed by atoms with Crippen molar-refractivity contribution in [1.82, 2.24) is 4.90 Å². The molecule has 0 N–H and O–H groups in total. The van der Waals surface area contributed by atoms with E-state index in [4.69, 9.17) is 4.74 Å². The zero-order chi connectivity index (χ0) is 17.6. The van der Waals surface area contributed by atoms with Crippen LogP contribution in [0.3, 0.4) is 0 Å². The number of hydrogen-bond acceptors (Lipinski definition) is 4. The first-order chi connectivity index (χ1) is 12.2. The molecule has 3 rings (SSSR count). The molecule has 1 saturated heterocycles. The number of rotatable bonds is 5. The van der Waals surface area contributed by atoms with Crippen molar-refractivity contribution in [3.05, 3.63) is 60.4 Å². The van der Waals surface area contributed by atoms with Crippen molar-refractivity contribution in [1.29, 1.82) is 0 Å². The molecule has 130 valence electrons.